The van der Waals surface area contributed by atoms with Gasteiger partial charge in [0.05, 0.1) is 25.4 Å². The number of nitrogens with one attached hydrogen (secondary N) is 1. The fourth-order valence-electron chi connectivity index (χ4n) is 2.73. The number of methoxy groups -OCH3 is 1. The number of ether oxygens (including phenoxy) is 1. The number of amides is 1. The van der Waals surface area contributed by atoms with E-state index in [1.165, 1.54) is 0 Å². The van der Waals surface area contributed by atoms with E-state index in [-0.39, 0.29) is 18.6 Å². The van der Waals surface area contributed by atoms with Crippen LogP contribution in [0.25, 0.3) is 0 Å². The molecule has 1 aromatic carbocycles. The van der Waals surface area contributed by atoms with E-state index in [2.05, 4.69) is 15.1 Å². The number of carbonyl (C=O) groups excluding carboxylic acids is 1. The third-order valence-corrected chi connectivity index (χ3v) is 4.23. The van der Waals surface area contributed by atoms with Gasteiger partial charge in [0.2, 0.25) is 5.91 Å². The number of nitrogens with zero attached hydrogens (tertiary/aromatic N) is 2. The van der Waals surface area contributed by atoms with E-state index in [0.717, 1.165) is 26.2 Å². The van der Waals surface area contributed by atoms with Gasteiger partial charge >= 0.3 is 0 Å². The molecule has 1 unspecified atom stereocenters. The minimum atomic E-state index is -0.228. The van der Waals surface area contributed by atoms with Gasteiger partial charge in [0, 0.05) is 44.5 Å². The van der Waals surface area contributed by atoms with Crippen LogP contribution in [0.1, 0.15) is 6.92 Å². The predicted molar refractivity (Wildman–Crippen MR) is 90.6 cm³/mol. The third-order valence-electron chi connectivity index (χ3n) is 4.23. The highest BCUT2D eigenvalue weighted by Crippen LogP contribution is 2.26. The Morgan fingerprint density at radius 2 is 2.09 bits per heavy atom. The number of piperazine rings is 1. The molecule has 23 heavy (non-hydrogen) atoms. The van der Waals surface area contributed by atoms with Crippen molar-refractivity contribution in [2.75, 3.05) is 57.5 Å². The summed E-state index contributed by atoms with van der Waals surface area (Å²) in [6.07, 6.45) is 0. The molecule has 0 aromatic heterocycles. The maximum absolute atomic E-state index is 12.5. The Morgan fingerprint density at radius 1 is 1.39 bits per heavy atom. The average Bonchev–Trinajstić information content (AvgIpc) is 2.56. The zero-order chi connectivity index (χ0) is 16.8. The first-order valence-electron chi connectivity index (χ1n) is 7.86. The maximum Gasteiger partial charge on any atom is 0.241 e. The molecular formula is C16H26N4O3. The highest BCUT2D eigenvalue weighted by atomic mass is 16.5. The molecule has 1 aliphatic heterocycles. The Bertz CT molecular complexity index is 530. The van der Waals surface area contributed by atoms with Crippen LogP contribution < -0.4 is 15.8 Å². The molecule has 1 amide bonds. The second-order valence-corrected chi connectivity index (χ2v) is 5.73. The number of benzene rings is 1. The number of aliphatic hydroxyl groups excluding tert-OH is 1. The molecule has 4 N–H and O–H groups in total. The van der Waals surface area contributed by atoms with Crippen molar-refractivity contribution in [3.05, 3.63) is 18.2 Å². The number of hydrogen-bond donors (Lipinski definition) is 3. The minimum Gasteiger partial charge on any atom is -0.494 e. The quantitative estimate of drug-likeness (QED) is 0.649. The SMILES string of the molecule is COc1cc(N)ccc1NC(=O)C(C)N1CCN(CCO)CC1. The molecule has 7 nitrogen and oxygen atoms in total. The number of carbonyl (C=O) groups is 1. The molecule has 1 heterocycles. The molecule has 1 aromatic rings. The van der Waals surface area contributed by atoms with Crippen molar-refractivity contribution in [1.82, 2.24) is 9.80 Å². The Labute approximate surface area is 137 Å². The lowest BCUT2D eigenvalue weighted by atomic mass is 10.2. The number of nitrogen functional groups attached to an aromatic ring is 1. The lowest BCUT2D eigenvalue weighted by Crippen LogP contribution is -2.53. The van der Waals surface area contributed by atoms with Gasteiger partial charge in [-0.25, -0.2) is 0 Å². The van der Waals surface area contributed by atoms with Gasteiger partial charge in [-0.05, 0) is 19.1 Å². The average molecular weight is 322 g/mol. The molecule has 0 saturated carbocycles. The van der Waals surface area contributed by atoms with Crippen molar-refractivity contribution in [1.29, 1.82) is 0 Å². The summed E-state index contributed by atoms with van der Waals surface area (Å²) in [5.74, 6) is 0.488. The van der Waals surface area contributed by atoms with Gasteiger partial charge in [-0.2, -0.15) is 0 Å². The van der Waals surface area contributed by atoms with E-state index >= 15 is 0 Å². The third kappa shape index (κ3) is 4.57. The van der Waals surface area contributed by atoms with E-state index in [9.17, 15) is 4.79 Å². The van der Waals surface area contributed by atoms with Crippen LogP contribution in [-0.4, -0.2) is 73.3 Å². The molecule has 7 heteroatoms. The summed E-state index contributed by atoms with van der Waals surface area (Å²) in [5.41, 5.74) is 6.94. The van der Waals surface area contributed by atoms with Crippen LogP contribution in [0.2, 0.25) is 0 Å². The summed E-state index contributed by atoms with van der Waals surface area (Å²) in [7, 11) is 1.55. The van der Waals surface area contributed by atoms with Crippen LogP contribution in [0.4, 0.5) is 11.4 Å². The topological polar surface area (TPSA) is 91.1 Å². The zero-order valence-corrected chi connectivity index (χ0v) is 13.8. The van der Waals surface area contributed by atoms with Crippen LogP contribution in [0, 0.1) is 0 Å². The first-order valence-corrected chi connectivity index (χ1v) is 7.86. The molecule has 0 bridgehead atoms. The van der Waals surface area contributed by atoms with E-state index in [1.54, 1.807) is 25.3 Å². The molecule has 0 aliphatic carbocycles. The number of nitrogens with two attached hydrogens (primary N) is 1. The van der Waals surface area contributed by atoms with Crippen LogP contribution in [-0.2, 0) is 4.79 Å². The molecule has 0 spiro atoms. The summed E-state index contributed by atoms with van der Waals surface area (Å²) >= 11 is 0. The monoisotopic (exact) mass is 322 g/mol. The normalized spacial score (nSPS) is 17.7. The van der Waals surface area contributed by atoms with Gasteiger partial charge in [0.25, 0.3) is 0 Å². The fourth-order valence-corrected chi connectivity index (χ4v) is 2.73. The molecule has 128 valence electrons. The van der Waals surface area contributed by atoms with Crippen LogP contribution in [0.15, 0.2) is 18.2 Å². The highest BCUT2D eigenvalue weighted by molar-refractivity contribution is 5.96. The van der Waals surface area contributed by atoms with Crippen LogP contribution >= 0.6 is 0 Å². The predicted octanol–water partition coefficient (Wildman–Crippen LogP) is 0.214. The Morgan fingerprint density at radius 3 is 2.70 bits per heavy atom. The van der Waals surface area contributed by atoms with Gasteiger partial charge in [-0.3, -0.25) is 14.6 Å². The van der Waals surface area contributed by atoms with Crippen LogP contribution in [0.3, 0.4) is 0 Å². The summed E-state index contributed by atoms with van der Waals surface area (Å²) in [6.45, 7) is 6.12. The minimum absolute atomic E-state index is 0.0660. The Hall–Kier alpha value is -1.83. The molecule has 2 rings (SSSR count). The van der Waals surface area contributed by atoms with Crippen molar-refractivity contribution >= 4 is 17.3 Å². The molecule has 1 fully saturated rings. The number of β-amino-alcohol motifs (C(OH)–C–C–N with tert-alkyl or cyclic N) is 1. The summed E-state index contributed by atoms with van der Waals surface area (Å²) < 4.78 is 5.25. The summed E-state index contributed by atoms with van der Waals surface area (Å²) in [4.78, 5) is 16.8. The van der Waals surface area contributed by atoms with E-state index < -0.39 is 0 Å². The molecule has 1 atom stereocenters. The summed E-state index contributed by atoms with van der Waals surface area (Å²) in [6, 6.07) is 4.94. The first kappa shape index (κ1) is 17.5. The van der Waals surface area contributed by atoms with Gasteiger partial charge < -0.3 is 20.9 Å². The first-order chi connectivity index (χ1) is 11.0. The number of hydrogen-bond acceptors (Lipinski definition) is 6. The van der Waals surface area contributed by atoms with E-state index in [1.807, 2.05) is 6.92 Å². The lowest BCUT2D eigenvalue weighted by molar-refractivity contribution is -0.121. The molecule has 1 aliphatic rings. The van der Waals surface area contributed by atoms with Crippen LogP contribution in [0.5, 0.6) is 5.75 Å². The summed E-state index contributed by atoms with van der Waals surface area (Å²) in [5, 5.41) is 11.9. The fraction of sp³-hybridized carbons (Fsp3) is 0.562. The van der Waals surface area contributed by atoms with Crippen molar-refractivity contribution in [2.24, 2.45) is 0 Å². The van der Waals surface area contributed by atoms with Gasteiger partial charge in [0.1, 0.15) is 5.75 Å². The van der Waals surface area contributed by atoms with E-state index in [0.29, 0.717) is 23.7 Å². The van der Waals surface area contributed by atoms with Gasteiger partial charge in [-0.15, -0.1) is 0 Å². The molecule has 1 saturated heterocycles. The lowest BCUT2D eigenvalue weighted by Gasteiger charge is -2.37. The van der Waals surface area contributed by atoms with Gasteiger partial charge in [0.15, 0.2) is 0 Å². The second-order valence-electron chi connectivity index (χ2n) is 5.73. The van der Waals surface area contributed by atoms with Crippen molar-refractivity contribution in [3.8, 4) is 5.75 Å². The van der Waals surface area contributed by atoms with E-state index in [4.69, 9.17) is 15.6 Å². The van der Waals surface area contributed by atoms with Crippen molar-refractivity contribution < 1.29 is 14.6 Å². The Balaban J connectivity index is 1.93. The van der Waals surface area contributed by atoms with Gasteiger partial charge in [-0.1, -0.05) is 0 Å². The molecule has 0 radical (unpaired) electrons. The van der Waals surface area contributed by atoms with Crippen molar-refractivity contribution in [3.63, 3.8) is 0 Å². The number of anilines is 2. The number of aliphatic hydroxyl groups is 1. The highest BCUT2D eigenvalue weighted by Gasteiger charge is 2.25. The Kier molecular flexibility index (Phi) is 6.20. The largest absolute Gasteiger partial charge is 0.494 e. The maximum atomic E-state index is 12.5. The standard InChI is InChI=1S/C16H26N4O3/c1-12(20-7-5-19(6-8-20)9-10-21)16(22)18-14-4-3-13(17)11-15(14)23-2/h3-4,11-12,21H,5-10,17H2,1-2H3,(H,18,22). The zero-order valence-electron chi connectivity index (χ0n) is 13.8. The van der Waals surface area contributed by atoms with Crippen molar-refractivity contribution in [2.45, 2.75) is 13.0 Å². The number of rotatable bonds is 6. The second kappa shape index (κ2) is 8.14. The molecular weight excluding hydrogens is 296 g/mol. The smallest absolute Gasteiger partial charge is 0.241 e.